The molecule has 8 heteroatoms. The van der Waals surface area contributed by atoms with Gasteiger partial charge in [0.05, 0.1) is 6.54 Å². The molecular weight excluding hydrogens is 268 g/mol. The van der Waals surface area contributed by atoms with Gasteiger partial charge >= 0.3 is 12.0 Å². The first kappa shape index (κ1) is 13.7. The third kappa shape index (κ3) is 2.67. The van der Waals surface area contributed by atoms with Gasteiger partial charge in [-0.05, 0) is 13.3 Å². The van der Waals surface area contributed by atoms with Crippen LogP contribution in [0.5, 0.6) is 0 Å². The van der Waals surface area contributed by atoms with Gasteiger partial charge in [0.15, 0.2) is 0 Å². The fourth-order valence-electron chi connectivity index (χ4n) is 1.86. The first-order valence-corrected chi connectivity index (χ1v) is 6.96. The molecule has 0 aliphatic carbocycles. The van der Waals surface area contributed by atoms with Crippen molar-refractivity contribution >= 4 is 28.5 Å². The molecule has 7 nitrogen and oxygen atoms in total. The summed E-state index contributed by atoms with van der Waals surface area (Å²) in [5, 5.41) is 9.32. The van der Waals surface area contributed by atoms with Crippen LogP contribution in [0.2, 0.25) is 0 Å². The molecule has 104 valence electrons. The predicted octanol–water partition coefficient (Wildman–Crippen LogP) is 1.25. The minimum Gasteiger partial charge on any atom is -0.439 e. The van der Waals surface area contributed by atoms with E-state index in [1.807, 2.05) is 13.8 Å². The van der Waals surface area contributed by atoms with Crippen molar-refractivity contribution in [3.05, 3.63) is 5.01 Å². The Morgan fingerprint density at radius 3 is 2.74 bits per heavy atom. The monoisotopic (exact) mass is 284 g/mol. The van der Waals surface area contributed by atoms with Crippen LogP contribution in [0.4, 0.5) is 9.93 Å². The van der Waals surface area contributed by atoms with Crippen molar-refractivity contribution in [1.82, 2.24) is 15.1 Å². The SMILES string of the molecule is CCc1nnc(N2C(=O)N(CC)CC2OC(C)=O)s1. The number of amides is 2. The molecule has 0 N–H and O–H groups in total. The minimum atomic E-state index is -0.623. The first-order valence-electron chi connectivity index (χ1n) is 6.14. The zero-order valence-electron chi connectivity index (χ0n) is 11.1. The number of urea groups is 1. The average Bonchev–Trinajstić information content (AvgIpc) is 2.93. The average molecular weight is 284 g/mol. The van der Waals surface area contributed by atoms with E-state index in [0.717, 1.165) is 11.4 Å². The fourth-order valence-corrected chi connectivity index (χ4v) is 2.67. The number of aryl methyl sites for hydroxylation is 1. The summed E-state index contributed by atoms with van der Waals surface area (Å²) in [6.45, 7) is 6.10. The summed E-state index contributed by atoms with van der Waals surface area (Å²) >= 11 is 1.34. The summed E-state index contributed by atoms with van der Waals surface area (Å²) in [5.41, 5.74) is 0. The lowest BCUT2D eigenvalue weighted by atomic mass is 10.5. The smallest absolute Gasteiger partial charge is 0.329 e. The first-order chi connectivity index (χ1) is 9.06. The molecule has 2 heterocycles. The lowest BCUT2D eigenvalue weighted by Gasteiger charge is -2.18. The zero-order valence-corrected chi connectivity index (χ0v) is 11.9. The Hall–Kier alpha value is -1.70. The molecule has 0 spiro atoms. The molecule has 0 bridgehead atoms. The van der Waals surface area contributed by atoms with Gasteiger partial charge in [-0.3, -0.25) is 4.79 Å². The number of ether oxygens (including phenoxy) is 1. The Kier molecular flexibility index (Phi) is 3.98. The molecule has 0 aromatic carbocycles. The number of esters is 1. The number of nitrogens with zero attached hydrogens (tertiary/aromatic N) is 4. The quantitative estimate of drug-likeness (QED) is 0.778. The molecule has 1 fully saturated rings. The van der Waals surface area contributed by atoms with Gasteiger partial charge in [0.2, 0.25) is 11.4 Å². The van der Waals surface area contributed by atoms with Crippen molar-refractivity contribution in [1.29, 1.82) is 0 Å². The molecule has 2 amide bonds. The lowest BCUT2D eigenvalue weighted by molar-refractivity contribution is -0.145. The summed E-state index contributed by atoms with van der Waals surface area (Å²) < 4.78 is 5.19. The summed E-state index contributed by atoms with van der Waals surface area (Å²) in [6.07, 6.45) is 0.137. The second-order valence-corrected chi connectivity index (χ2v) is 5.13. The van der Waals surface area contributed by atoms with E-state index in [9.17, 15) is 9.59 Å². The third-order valence-corrected chi connectivity index (χ3v) is 3.86. The van der Waals surface area contributed by atoms with Gasteiger partial charge in [0.1, 0.15) is 5.01 Å². The summed E-state index contributed by atoms with van der Waals surface area (Å²) in [4.78, 5) is 26.4. The second kappa shape index (κ2) is 5.52. The van der Waals surface area contributed by atoms with Crippen LogP contribution in [0.3, 0.4) is 0 Å². The Balaban J connectivity index is 2.27. The molecule has 1 aromatic heterocycles. The van der Waals surface area contributed by atoms with Gasteiger partial charge < -0.3 is 9.64 Å². The van der Waals surface area contributed by atoms with Crippen molar-refractivity contribution in [2.75, 3.05) is 18.0 Å². The van der Waals surface area contributed by atoms with E-state index in [-0.39, 0.29) is 6.03 Å². The highest BCUT2D eigenvalue weighted by molar-refractivity contribution is 7.15. The van der Waals surface area contributed by atoms with E-state index in [1.54, 1.807) is 4.90 Å². The zero-order chi connectivity index (χ0) is 14.0. The topological polar surface area (TPSA) is 75.6 Å². The van der Waals surface area contributed by atoms with Crippen LogP contribution < -0.4 is 4.90 Å². The standard InChI is InChI=1S/C11H16N4O3S/c1-4-8-12-13-10(19-8)15-9(18-7(3)16)6-14(5-2)11(15)17/h9H,4-6H2,1-3H3. The normalized spacial score (nSPS) is 19.1. The molecule has 19 heavy (non-hydrogen) atoms. The molecule has 0 radical (unpaired) electrons. The van der Waals surface area contributed by atoms with Crippen molar-refractivity contribution in [3.63, 3.8) is 0 Å². The maximum atomic E-state index is 12.2. The van der Waals surface area contributed by atoms with Crippen molar-refractivity contribution in [2.45, 2.75) is 33.4 Å². The Bertz CT molecular complexity index is 490. The Morgan fingerprint density at radius 1 is 1.47 bits per heavy atom. The van der Waals surface area contributed by atoms with Gasteiger partial charge in [0, 0.05) is 13.5 Å². The molecule has 1 unspecified atom stereocenters. The molecule has 1 aliphatic rings. The maximum absolute atomic E-state index is 12.2. The Labute approximate surface area is 115 Å². The number of carbonyl (C=O) groups is 2. The molecular formula is C11H16N4O3S. The van der Waals surface area contributed by atoms with Gasteiger partial charge in [-0.25, -0.2) is 9.69 Å². The third-order valence-electron chi connectivity index (χ3n) is 2.79. The second-order valence-electron chi connectivity index (χ2n) is 4.09. The van der Waals surface area contributed by atoms with Gasteiger partial charge in [0.25, 0.3) is 0 Å². The van der Waals surface area contributed by atoms with Crippen molar-refractivity contribution in [3.8, 4) is 0 Å². The molecule has 2 rings (SSSR count). The highest BCUT2D eigenvalue weighted by Crippen LogP contribution is 2.28. The van der Waals surface area contributed by atoms with Crippen LogP contribution in [0, 0.1) is 0 Å². The summed E-state index contributed by atoms with van der Waals surface area (Å²) in [7, 11) is 0. The lowest BCUT2D eigenvalue weighted by Crippen LogP contribution is -2.37. The molecule has 1 saturated heterocycles. The fraction of sp³-hybridized carbons (Fsp3) is 0.636. The highest BCUT2D eigenvalue weighted by Gasteiger charge is 2.41. The van der Waals surface area contributed by atoms with E-state index in [2.05, 4.69) is 10.2 Å². The summed E-state index contributed by atoms with van der Waals surface area (Å²) in [6, 6.07) is -0.201. The van der Waals surface area contributed by atoms with Crippen LogP contribution >= 0.6 is 11.3 Å². The van der Waals surface area contributed by atoms with E-state index in [1.165, 1.54) is 23.2 Å². The van der Waals surface area contributed by atoms with Crippen LogP contribution in [0.15, 0.2) is 0 Å². The minimum absolute atomic E-state index is 0.201. The predicted molar refractivity (Wildman–Crippen MR) is 70.0 cm³/mol. The van der Waals surface area contributed by atoms with Gasteiger partial charge in [-0.2, -0.15) is 0 Å². The van der Waals surface area contributed by atoms with Crippen molar-refractivity contribution in [2.24, 2.45) is 0 Å². The van der Waals surface area contributed by atoms with E-state index >= 15 is 0 Å². The van der Waals surface area contributed by atoms with Gasteiger partial charge in [-0.1, -0.05) is 18.3 Å². The van der Waals surface area contributed by atoms with Gasteiger partial charge in [-0.15, -0.1) is 10.2 Å². The van der Waals surface area contributed by atoms with Crippen LogP contribution in [-0.4, -0.2) is 46.4 Å². The highest BCUT2D eigenvalue weighted by atomic mass is 32.1. The molecule has 1 aliphatic heterocycles. The number of rotatable bonds is 4. The molecule has 1 atom stereocenters. The van der Waals surface area contributed by atoms with Crippen molar-refractivity contribution < 1.29 is 14.3 Å². The number of hydrogen-bond donors (Lipinski definition) is 0. The Morgan fingerprint density at radius 2 is 2.21 bits per heavy atom. The largest absolute Gasteiger partial charge is 0.439 e. The summed E-state index contributed by atoms with van der Waals surface area (Å²) in [5.74, 6) is -0.416. The number of anilines is 1. The van der Waals surface area contributed by atoms with Crippen LogP contribution in [-0.2, 0) is 16.0 Å². The number of hydrogen-bond acceptors (Lipinski definition) is 6. The number of aromatic nitrogens is 2. The van der Waals surface area contributed by atoms with E-state index in [4.69, 9.17) is 4.74 Å². The maximum Gasteiger partial charge on any atom is 0.329 e. The van der Waals surface area contributed by atoms with Crippen LogP contribution in [0.1, 0.15) is 25.8 Å². The number of likely N-dealkylation sites (N-methyl/N-ethyl adjacent to an activating group) is 1. The molecule has 1 aromatic rings. The molecule has 0 saturated carbocycles. The van der Waals surface area contributed by atoms with E-state index < -0.39 is 12.2 Å². The number of carbonyl (C=O) groups excluding carboxylic acids is 2. The van der Waals surface area contributed by atoms with E-state index in [0.29, 0.717) is 18.2 Å². The van der Waals surface area contributed by atoms with Crippen LogP contribution in [0.25, 0.3) is 0 Å².